The highest BCUT2D eigenvalue weighted by atomic mass is 15.5. The molecule has 4 rings (SSSR count). The molecule has 3 aromatic carbocycles. The molecule has 1 unspecified atom stereocenters. The quantitative estimate of drug-likeness (QED) is 0.545. The Morgan fingerprint density at radius 2 is 1.38 bits per heavy atom. The van der Waals surface area contributed by atoms with Crippen molar-refractivity contribution in [2.75, 3.05) is 5.01 Å². The number of anilines is 1. The number of rotatable bonds is 4. The standard InChI is InChI=1S/C27H28N2/c1-27(2,3)23-17-15-22(16-18-23)26-20-24(19-14-21-10-6-4-7-11-21)28-29(26)25-12-8-5-9-13-25/h4-20,26,28H,1-3H3. The maximum Gasteiger partial charge on any atom is 0.0958 e. The Hall–Kier alpha value is -3.26. The van der Waals surface area contributed by atoms with Gasteiger partial charge in [-0.1, -0.05) is 99.6 Å². The summed E-state index contributed by atoms with van der Waals surface area (Å²) in [7, 11) is 0. The van der Waals surface area contributed by atoms with Gasteiger partial charge >= 0.3 is 0 Å². The molecule has 0 fully saturated rings. The van der Waals surface area contributed by atoms with E-state index in [0.29, 0.717) is 0 Å². The highest BCUT2D eigenvalue weighted by molar-refractivity contribution is 5.58. The molecule has 29 heavy (non-hydrogen) atoms. The number of nitrogens with zero attached hydrogens (tertiary/aromatic N) is 1. The zero-order valence-corrected chi connectivity index (χ0v) is 17.3. The predicted molar refractivity (Wildman–Crippen MR) is 123 cm³/mol. The molecule has 0 aromatic heterocycles. The highest BCUT2D eigenvalue weighted by Gasteiger charge is 2.26. The molecule has 1 aliphatic rings. The maximum absolute atomic E-state index is 3.58. The summed E-state index contributed by atoms with van der Waals surface area (Å²) in [6, 6.07) is 30.0. The van der Waals surface area contributed by atoms with Gasteiger partial charge in [0.1, 0.15) is 0 Å². The van der Waals surface area contributed by atoms with E-state index in [1.165, 1.54) is 16.7 Å². The molecule has 0 aliphatic carbocycles. The van der Waals surface area contributed by atoms with Crippen LogP contribution >= 0.6 is 0 Å². The van der Waals surface area contributed by atoms with E-state index in [9.17, 15) is 0 Å². The lowest BCUT2D eigenvalue weighted by molar-refractivity contribution is 0.589. The van der Waals surface area contributed by atoms with Crippen LogP contribution in [0.15, 0.2) is 103 Å². The largest absolute Gasteiger partial charge is 0.298 e. The highest BCUT2D eigenvalue weighted by Crippen LogP contribution is 2.33. The number of hydrazine groups is 1. The molecule has 0 saturated heterocycles. The van der Waals surface area contributed by atoms with E-state index in [0.717, 1.165) is 11.4 Å². The van der Waals surface area contributed by atoms with Crippen molar-refractivity contribution in [2.24, 2.45) is 0 Å². The molecule has 0 radical (unpaired) electrons. The molecule has 2 nitrogen and oxygen atoms in total. The third-order valence-electron chi connectivity index (χ3n) is 5.27. The number of allylic oxidation sites excluding steroid dienone is 1. The third kappa shape index (κ3) is 4.43. The fraction of sp³-hybridized carbons (Fsp3) is 0.185. The zero-order valence-electron chi connectivity index (χ0n) is 17.3. The average molecular weight is 381 g/mol. The molecule has 1 atom stereocenters. The molecule has 3 aromatic rings. The van der Waals surface area contributed by atoms with Crippen LogP contribution in [0.5, 0.6) is 0 Å². The first-order valence-electron chi connectivity index (χ1n) is 10.2. The number of hydrogen-bond donors (Lipinski definition) is 1. The van der Waals surface area contributed by atoms with Crippen molar-refractivity contribution in [3.8, 4) is 0 Å². The van der Waals surface area contributed by atoms with Crippen LogP contribution in [-0.4, -0.2) is 0 Å². The average Bonchev–Trinajstić information content (AvgIpc) is 3.17. The minimum absolute atomic E-state index is 0.141. The molecule has 0 spiro atoms. The summed E-state index contributed by atoms with van der Waals surface area (Å²) < 4.78 is 0. The topological polar surface area (TPSA) is 15.3 Å². The minimum atomic E-state index is 0.141. The second kappa shape index (κ2) is 8.00. The van der Waals surface area contributed by atoms with Gasteiger partial charge < -0.3 is 0 Å². The van der Waals surface area contributed by atoms with Crippen molar-refractivity contribution in [3.63, 3.8) is 0 Å². The van der Waals surface area contributed by atoms with Gasteiger partial charge in [0.25, 0.3) is 0 Å². The first-order chi connectivity index (χ1) is 14.0. The molecule has 1 N–H and O–H groups in total. The van der Waals surface area contributed by atoms with Gasteiger partial charge in [0.2, 0.25) is 0 Å². The summed E-state index contributed by atoms with van der Waals surface area (Å²) in [5.41, 5.74) is 9.81. The van der Waals surface area contributed by atoms with Crippen molar-refractivity contribution in [1.29, 1.82) is 0 Å². The van der Waals surface area contributed by atoms with Gasteiger partial charge in [-0.2, -0.15) is 0 Å². The van der Waals surface area contributed by atoms with E-state index in [-0.39, 0.29) is 11.5 Å². The van der Waals surface area contributed by atoms with Gasteiger partial charge in [0, 0.05) is 0 Å². The summed E-state index contributed by atoms with van der Waals surface area (Å²) in [6.45, 7) is 6.76. The van der Waals surface area contributed by atoms with E-state index >= 15 is 0 Å². The van der Waals surface area contributed by atoms with Crippen LogP contribution in [0.1, 0.15) is 43.5 Å². The third-order valence-corrected chi connectivity index (χ3v) is 5.27. The van der Waals surface area contributed by atoms with E-state index < -0.39 is 0 Å². The lowest BCUT2D eigenvalue weighted by atomic mass is 9.86. The van der Waals surface area contributed by atoms with Gasteiger partial charge in [-0.15, -0.1) is 0 Å². The summed E-state index contributed by atoms with van der Waals surface area (Å²) in [6.07, 6.45) is 6.58. The Kier molecular flexibility index (Phi) is 5.26. The van der Waals surface area contributed by atoms with Crippen LogP contribution in [0.2, 0.25) is 0 Å². The van der Waals surface area contributed by atoms with Crippen molar-refractivity contribution in [3.05, 3.63) is 119 Å². The Balaban J connectivity index is 1.65. The van der Waals surface area contributed by atoms with Crippen LogP contribution in [-0.2, 0) is 5.41 Å². The smallest absolute Gasteiger partial charge is 0.0958 e. The number of para-hydroxylation sites is 1. The lowest BCUT2D eigenvalue weighted by Gasteiger charge is -2.28. The van der Waals surface area contributed by atoms with Crippen LogP contribution in [0, 0.1) is 0 Å². The lowest BCUT2D eigenvalue weighted by Crippen LogP contribution is -2.34. The monoisotopic (exact) mass is 380 g/mol. The molecule has 0 bridgehead atoms. The van der Waals surface area contributed by atoms with Crippen LogP contribution in [0.4, 0.5) is 5.69 Å². The Bertz CT molecular complexity index is 994. The summed E-state index contributed by atoms with van der Waals surface area (Å²) in [4.78, 5) is 0. The second-order valence-electron chi connectivity index (χ2n) is 8.50. The molecule has 1 heterocycles. The van der Waals surface area contributed by atoms with E-state index in [2.05, 4.69) is 128 Å². The maximum atomic E-state index is 3.58. The van der Waals surface area contributed by atoms with Gasteiger partial charge in [0.15, 0.2) is 0 Å². The van der Waals surface area contributed by atoms with Crippen LogP contribution in [0.3, 0.4) is 0 Å². The van der Waals surface area contributed by atoms with E-state index in [1.54, 1.807) is 0 Å². The predicted octanol–water partition coefficient (Wildman–Crippen LogP) is 6.65. The Morgan fingerprint density at radius 1 is 0.759 bits per heavy atom. The molecule has 2 heteroatoms. The van der Waals surface area contributed by atoms with Crippen molar-refractivity contribution in [1.82, 2.24) is 5.43 Å². The molecular formula is C27H28N2. The van der Waals surface area contributed by atoms with Crippen LogP contribution < -0.4 is 10.4 Å². The molecular weight excluding hydrogens is 352 g/mol. The molecule has 1 aliphatic heterocycles. The number of hydrogen-bond acceptors (Lipinski definition) is 2. The van der Waals surface area contributed by atoms with Crippen molar-refractivity contribution in [2.45, 2.75) is 32.2 Å². The second-order valence-corrected chi connectivity index (χ2v) is 8.50. The molecule has 0 saturated carbocycles. The normalized spacial score (nSPS) is 16.7. The Morgan fingerprint density at radius 3 is 2.00 bits per heavy atom. The molecule has 0 amide bonds. The Labute approximate surface area is 174 Å². The summed E-state index contributed by atoms with van der Waals surface area (Å²) >= 11 is 0. The van der Waals surface area contributed by atoms with Gasteiger partial charge in [-0.3, -0.25) is 10.4 Å². The van der Waals surface area contributed by atoms with Crippen molar-refractivity contribution < 1.29 is 0 Å². The van der Waals surface area contributed by atoms with Crippen molar-refractivity contribution >= 4 is 11.8 Å². The minimum Gasteiger partial charge on any atom is -0.298 e. The first kappa shape index (κ1) is 19.1. The van der Waals surface area contributed by atoms with E-state index in [4.69, 9.17) is 0 Å². The summed E-state index contributed by atoms with van der Waals surface area (Å²) in [5.74, 6) is 0. The van der Waals surface area contributed by atoms with Gasteiger partial charge in [0.05, 0.1) is 17.4 Å². The van der Waals surface area contributed by atoms with Crippen LogP contribution in [0.25, 0.3) is 6.08 Å². The number of nitrogens with one attached hydrogen (secondary N) is 1. The first-order valence-corrected chi connectivity index (χ1v) is 10.2. The SMILES string of the molecule is CC(C)(C)c1ccc(C2C=C(C=Cc3ccccc3)NN2c2ccccc2)cc1. The van der Waals surface area contributed by atoms with E-state index in [1.807, 2.05) is 6.07 Å². The molecule has 146 valence electrons. The number of benzene rings is 3. The fourth-order valence-corrected chi connectivity index (χ4v) is 3.57. The van der Waals surface area contributed by atoms with Gasteiger partial charge in [-0.05, 0) is 46.4 Å². The summed E-state index contributed by atoms with van der Waals surface area (Å²) in [5, 5.41) is 2.23. The zero-order chi connectivity index (χ0) is 20.3. The fourth-order valence-electron chi connectivity index (χ4n) is 3.57. The van der Waals surface area contributed by atoms with Gasteiger partial charge in [-0.25, -0.2) is 0 Å².